The van der Waals surface area contributed by atoms with E-state index in [2.05, 4.69) is 15.5 Å². The summed E-state index contributed by atoms with van der Waals surface area (Å²) >= 11 is 0. The Balaban J connectivity index is 1.83. The molecular formula is C11H18N4O3S. The van der Waals surface area contributed by atoms with E-state index < -0.39 is 10.0 Å². The number of rotatable bonds is 4. The molecule has 106 valence electrons. The standard InChI is InChI=1S/C11H18N4O3S/c1-8-5-10(14-13-8)11(16)12-6-9-3-4-15(7-9)19(2,17)18/h5,9H,3-4,6-7H2,1-2H3,(H,12,16)(H,13,14). The molecule has 1 aromatic heterocycles. The van der Waals surface area contributed by atoms with Crippen LogP contribution in [-0.4, -0.2) is 54.7 Å². The lowest BCUT2D eigenvalue weighted by molar-refractivity contribution is 0.0943. The summed E-state index contributed by atoms with van der Waals surface area (Å²) < 4.78 is 24.2. The number of nitrogens with zero attached hydrogens (tertiary/aromatic N) is 2. The number of sulfonamides is 1. The summed E-state index contributed by atoms with van der Waals surface area (Å²) in [6.45, 7) is 3.29. The SMILES string of the molecule is Cc1cc(C(=O)NCC2CCN(S(C)(=O)=O)C2)n[nH]1. The number of aryl methyl sites for hydroxylation is 1. The number of aromatic amines is 1. The van der Waals surface area contributed by atoms with Crippen molar-refractivity contribution >= 4 is 15.9 Å². The summed E-state index contributed by atoms with van der Waals surface area (Å²) in [4.78, 5) is 11.8. The van der Waals surface area contributed by atoms with Gasteiger partial charge in [-0.2, -0.15) is 5.10 Å². The van der Waals surface area contributed by atoms with E-state index in [1.165, 1.54) is 10.6 Å². The summed E-state index contributed by atoms with van der Waals surface area (Å²) in [5, 5.41) is 9.36. The molecule has 2 rings (SSSR count). The van der Waals surface area contributed by atoms with Crippen LogP contribution in [0.2, 0.25) is 0 Å². The van der Waals surface area contributed by atoms with Gasteiger partial charge in [0, 0.05) is 25.3 Å². The van der Waals surface area contributed by atoms with Crippen molar-refractivity contribution in [2.75, 3.05) is 25.9 Å². The van der Waals surface area contributed by atoms with Gasteiger partial charge in [0.2, 0.25) is 10.0 Å². The lowest BCUT2D eigenvalue weighted by Gasteiger charge is -2.13. The Morgan fingerprint density at radius 2 is 2.37 bits per heavy atom. The summed E-state index contributed by atoms with van der Waals surface area (Å²) in [6, 6.07) is 1.67. The predicted molar refractivity (Wildman–Crippen MR) is 70.2 cm³/mol. The number of hydrogen-bond donors (Lipinski definition) is 2. The van der Waals surface area contributed by atoms with Gasteiger partial charge < -0.3 is 5.32 Å². The minimum Gasteiger partial charge on any atom is -0.350 e. The normalized spacial score (nSPS) is 20.6. The van der Waals surface area contributed by atoms with Crippen molar-refractivity contribution < 1.29 is 13.2 Å². The first-order chi connectivity index (χ1) is 8.86. The van der Waals surface area contributed by atoms with E-state index in [1.54, 1.807) is 6.07 Å². The van der Waals surface area contributed by atoms with E-state index in [1.807, 2.05) is 6.92 Å². The zero-order valence-electron chi connectivity index (χ0n) is 11.0. The zero-order valence-corrected chi connectivity index (χ0v) is 11.8. The first-order valence-electron chi connectivity index (χ1n) is 6.11. The largest absolute Gasteiger partial charge is 0.350 e. The van der Waals surface area contributed by atoms with E-state index >= 15 is 0 Å². The third-order valence-electron chi connectivity index (χ3n) is 3.21. The molecule has 0 aromatic carbocycles. The Morgan fingerprint density at radius 3 is 2.89 bits per heavy atom. The van der Waals surface area contributed by atoms with Gasteiger partial charge in [0.05, 0.1) is 6.26 Å². The predicted octanol–water partition coefficient (Wildman–Crippen LogP) is -0.271. The average molecular weight is 286 g/mol. The van der Waals surface area contributed by atoms with E-state index in [0.717, 1.165) is 12.1 Å². The highest BCUT2D eigenvalue weighted by atomic mass is 32.2. The maximum Gasteiger partial charge on any atom is 0.271 e. The second-order valence-electron chi connectivity index (χ2n) is 4.92. The molecule has 0 spiro atoms. The quantitative estimate of drug-likeness (QED) is 0.796. The number of aromatic nitrogens is 2. The smallest absolute Gasteiger partial charge is 0.271 e. The molecule has 8 heteroatoms. The van der Waals surface area contributed by atoms with Crippen molar-refractivity contribution in [3.05, 3.63) is 17.5 Å². The molecule has 0 saturated carbocycles. The molecule has 1 atom stereocenters. The van der Waals surface area contributed by atoms with Crippen LogP contribution in [0, 0.1) is 12.8 Å². The van der Waals surface area contributed by atoms with Crippen LogP contribution in [0.1, 0.15) is 22.6 Å². The monoisotopic (exact) mass is 286 g/mol. The fourth-order valence-corrected chi connectivity index (χ4v) is 3.05. The molecule has 0 bridgehead atoms. The lowest BCUT2D eigenvalue weighted by atomic mass is 10.1. The van der Waals surface area contributed by atoms with Gasteiger partial charge in [-0.3, -0.25) is 9.89 Å². The molecule has 1 aromatic rings. The molecule has 2 heterocycles. The second-order valence-corrected chi connectivity index (χ2v) is 6.90. The molecule has 1 unspecified atom stereocenters. The van der Waals surface area contributed by atoms with Gasteiger partial charge in [-0.05, 0) is 25.3 Å². The maximum absolute atomic E-state index is 11.8. The van der Waals surface area contributed by atoms with Crippen LogP contribution in [0.25, 0.3) is 0 Å². The molecule has 19 heavy (non-hydrogen) atoms. The van der Waals surface area contributed by atoms with Crippen LogP contribution < -0.4 is 5.32 Å². The molecule has 1 aliphatic rings. The van der Waals surface area contributed by atoms with Crippen molar-refractivity contribution in [3.8, 4) is 0 Å². The molecular weight excluding hydrogens is 268 g/mol. The number of carbonyl (C=O) groups is 1. The molecule has 1 fully saturated rings. The molecule has 2 N–H and O–H groups in total. The van der Waals surface area contributed by atoms with Gasteiger partial charge in [0.25, 0.3) is 5.91 Å². The highest BCUT2D eigenvalue weighted by molar-refractivity contribution is 7.88. The van der Waals surface area contributed by atoms with Gasteiger partial charge in [-0.15, -0.1) is 0 Å². The summed E-state index contributed by atoms with van der Waals surface area (Å²) in [6.07, 6.45) is 1.98. The van der Waals surface area contributed by atoms with Crippen molar-refractivity contribution in [2.24, 2.45) is 5.92 Å². The van der Waals surface area contributed by atoms with Crippen LogP contribution in [0.15, 0.2) is 6.07 Å². The van der Waals surface area contributed by atoms with Gasteiger partial charge in [0.1, 0.15) is 5.69 Å². The van der Waals surface area contributed by atoms with E-state index in [9.17, 15) is 13.2 Å². The van der Waals surface area contributed by atoms with Crippen LogP contribution in [0.4, 0.5) is 0 Å². The van der Waals surface area contributed by atoms with E-state index in [-0.39, 0.29) is 11.8 Å². The van der Waals surface area contributed by atoms with Gasteiger partial charge in [-0.25, -0.2) is 12.7 Å². The summed E-state index contributed by atoms with van der Waals surface area (Å²) in [7, 11) is -3.12. The van der Waals surface area contributed by atoms with Crippen molar-refractivity contribution in [1.29, 1.82) is 0 Å². The van der Waals surface area contributed by atoms with Crippen LogP contribution in [-0.2, 0) is 10.0 Å². The minimum atomic E-state index is -3.12. The van der Waals surface area contributed by atoms with Gasteiger partial charge >= 0.3 is 0 Å². The maximum atomic E-state index is 11.8. The van der Waals surface area contributed by atoms with Crippen LogP contribution >= 0.6 is 0 Å². The number of carbonyl (C=O) groups excluding carboxylic acids is 1. The highest BCUT2D eigenvalue weighted by Gasteiger charge is 2.28. The first-order valence-corrected chi connectivity index (χ1v) is 7.96. The lowest BCUT2D eigenvalue weighted by Crippen LogP contribution is -2.32. The summed E-state index contributed by atoms with van der Waals surface area (Å²) in [5.74, 6) is -0.0686. The Kier molecular flexibility index (Phi) is 3.91. The molecule has 1 amide bonds. The average Bonchev–Trinajstić information content (AvgIpc) is 2.93. The van der Waals surface area contributed by atoms with Crippen LogP contribution in [0.5, 0.6) is 0 Å². The van der Waals surface area contributed by atoms with E-state index in [4.69, 9.17) is 0 Å². The number of nitrogens with one attached hydrogen (secondary N) is 2. The van der Waals surface area contributed by atoms with Crippen LogP contribution in [0.3, 0.4) is 0 Å². The Labute approximate surface area is 112 Å². The van der Waals surface area contributed by atoms with E-state index in [0.29, 0.717) is 25.3 Å². The molecule has 1 aliphatic heterocycles. The number of amides is 1. The highest BCUT2D eigenvalue weighted by Crippen LogP contribution is 2.17. The number of H-pyrrole nitrogens is 1. The van der Waals surface area contributed by atoms with Gasteiger partial charge in [-0.1, -0.05) is 0 Å². The molecule has 0 radical (unpaired) electrons. The molecule has 0 aliphatic carbocycles. The molecule has 7 nitrogen and oxygen atoms in total. The topological polar surface area (TPSA) is 95.2 Å². The Hall–Kier alpha value is -1.41. The molecule has 1 saturated heterocycles. The third-order valence-corrected chi connectivity index (χ3v) is 4.48. The first kappa shape index (κ1) is 14.0. The third kappa shape index (κ3) is 3.54. The number of hydrogen-bond acceptors (Lipinski definition) is 4. The second kappa shape index (κ2) is 5.30. The van der Waals surface area contributed by atoms with Crippen molar-refractivity contribution in [1.82, 2.24) is 19.8 Å². The fraction of sp³-hybridized carbons (Fsp3) is 0.636. The summed E-state index contributed by atoms with van der Waals surface area (Å²) in [5.41, 5.74) is 1.18. The van der Waals surface area contributed by atoms with Crippen molar-refractivity contribution in [2.45, 2.75) is 13.3 Å². The minimum absolute atomic E-state index is 0.165. The zero-order chi connectivity index (χ0) is 14.0. The van der Waals surface area contributed by atoms with Gasteiger partial charge in [0.15, 0.2) is 0 Å². The fourth-order valence-electron chi connectivity index (χ4n) is 2.13. The Bertz CT molecular complexity index is 566. The Morgan fingerprint density at radius 1 is 1.63 bits per heavy atom. The van der Waals surface area contributed by atoms with Crippen molar-refractivity contribution in [3.63, 3.8) is 0 Å².